The van der Waals surface area contributed by atoms with Crippen LogP contribution in [0.4, 0.5) is 5.69 Å². The lowest BCUT2D eigenvalue weighted by Crippen LogP contribution is -2.52. The van der Waals surface area contributed by atoms with E-state index in [0.29, 0.717) is 18.7 Å². The fraction of sp³-hybridized carbons (Fsp3) is 0.440. The Hall–Kier alpha value is -2.49. The van der Waals surface area contributed by atoms with Crippen LogP contribution in [0, 0.1) is 0 Å². The molecule has 1 N–H and O–H groups in total. The average molecular weight is 559 g/mol. The van der Waals surface area contributed by atoms with E-state index in [-0.39, 0.29) is 28.2 Å². The molecule has 0 bridgehead atoms. The zero-order chi connectivity index (χ0) is 26.9. The lowest BCUT2D eigenvalue weighted by atomic mass is 10.1. The number of nitrogens with zero attached hydrogens (tertiary/aromatic N) is 2. The van der Waals surface area contributed by atoms with E-state index in [2.05, 4.69) is 5.32 Å². The fourth-order valence-corrected chi connectivity index (χ4v) is 4.98. The number of amides is 2. The molecule has 0 unspecified atom stereocenters. The van der Waals surface area contributed by atoms with Crippen LogP contribution < -0.4 is 14.4 Å². The molecular weight excluding hydrogens is 525 g/mol. The monoisotopic (exact) mass is 557 g/mol. The number of hydrogen-bond acceptors (Lipinski definition) is 5. The molecule has 0 radical (unpaired) electrons. The van der Waals surface area contributed by atoms with Gasteiger partial charge in [0.15, 0.2) is 0 Å². The molecule has 0 saturated carbocycles. The van der Waals surface area contributed by atoms with Crippen LogP contribution in [0.2, 0.25) is 10.0 Å². The van der Waals surface area contributed by atoms with E-state index in [1.54, 1.807) is 31.2 Å². The number of benzene rings is 2. The molecule has 11 heteroatoms. The van der Waals surface area contributed by atoms with E-state index in [1.165, 1.54) is 24.1 Å². The number of nitrogens with one attached hydrogen (secondary N) is 1. The third-order valence-electron chi connectivity index (χ3n) is 5.58. The molecule has 0 aromatic heterocycles. The van der Waals surface area contributed by atoms with Crippen LogP contribution in [0.1, 0.15) is 38.7 Å². The van der Waals surface area contributed by atoms with Crippen molar-refractivity contribution in [1.29, 1.82) is 0 Å². The largest absolute Gasteiger partial charge is 0.497 e. The van der Waals surface area contributed by atoms with Crippen molar-refractivity contribution in [1.82, 2.24) is 10.2 Å². The van der Waals surface area contributed by atoms with Crippen LogP contribution in [0.5, 0.6) is 5.75 Å². The van der Waals surface area contributed by atoms with E-state index in [1.807, 2.05) is 13.0 Å². The van der Waals surface area contributed by atoms with Gasteiger partial charge in [-0.3, -0.25) is 13.9 Å². The van der Waals surface area contributed by atoms with Crippen molar-refractivity contribution in [2.75, 3.05) is 30.8 Å². The molecule has 2 aromatic carbocycles. The van der Waals surface area contributed by atoms with Gasteiger partial charge >= 0.3 is 0 Å². The predicted octanol–water partition coefficient (Wildman–Crippen LogP) is 4.49. The lowest BCUT2D eigenvalue weighted by molar-refractivity contribution is -0.140. The van der Waals surface area contributed by atoms with Crippen molar-refractivity contribution < 1.29 is 22.7 Å². The molecule has 198 valence electrons. The standard InChI is InChI=1S/C25H33Cl2N3O5S/c1-5-7-14-28-25(32)21(6-2)29(16-18-10-8-11-19(15-18)35-3)23(31)17-30(36(4,33)34)22-13-9-12-20(26)24(22)27/h8-13,15,21H,5-7,14,16-17H2,1-4H3,(H,28,32)/t21-/m0/s1. The van der Waals surface area contributed by atoms with Gasteiger partial charge in [0, 0.05) is 13.1 Å². The van der Waals surface area contributed by atoms with E-state index < -0.39 is 28.5 Å². The van der Waals surface area contributed by atoms with Gasteiger partial charge in [0.05, 0.1) is 29.1 Å². The zero-order valence-electron chi connectivity index (χ0n) is 21.0. The molecule has 0 aliphatic heterocycles. The molecule has 0 spiro atoms. The summed E-state index contributed by atoms with van der Waals surface area (Å²) in [5, 5.41) is 3.05. The number of rotatable bonds is 13. The molecule has 0 heterocycles. The van der Waals surface area contributed by atoms with Crippen LogP contribution in [0.3, 0.4) is 0 Å². The van der Waals surface area contributed by atoms with Crippen molar-refractivity contribution in [2.24, 2.45) is 0 Å². The number of ether oxygens (including phenoxy) is 1. The molecule has 2 rings (SSSR count). The zero-order valence-corrected chi connectivity index (χ0v) is 23.3. The van der Waals surface area contributed by atoms with E-state index in [9.17, 15) is 18.0 Å². The highest BCUT2D eigenvalue weighted by molar-refractivity contribution is 7.92. The van der Waals surface area contributed by atoms with Gasteiger partial charge in [0.25, 0.3) is 0 Å². The second-order valence-corrected chi connectivity index (χ2v) is 11.0. The van der Waals surface area contributed by atoms with Gasteiger partial charge in [-0.1, -0.05) is 61.7 Å². The molecule has 0 fully saturated rings. The number of methoxy groups -OCH3 is 1. The number of anilines is 1. The van der Waals surface area contributed by atoms with Crippen molar-refractivity contribution >= 4 is 50.7 Å². The average Bonchev–Trinajstić information content (AvgIpc) is 2.83. The summed E-state index contributed by atoms with van der Waals surface area (Å²) >= 11 is 12.4. The van der Waals surface area contributed by atoms with Gasteiger partial charge in [-0.25, -0.2) is 8.42 Å². The van der Waals surface area contributed by atoms with Crippen LogP contribution in [0.15, 0.2) is 42.5 Å². The number of unbranched alkanes of at least 4 members (excludes halogenated alkanes) is 1. The Labute approximate surface area is 223 Å². The Morgan fingerprint density at radius 2 is 1.81 bits per heavy atom. The Balaban J connectivity index is 2.46. The summed E-state index contributed by atoms with van der Waals surface area (Å²) < 4.78 is 31.6. The normalized spacial score (nSPS) is 12.1. The third kappa shape index (κ3) is 8.01. The third-order valence-corrected chi connectivity index (χ3v) is 7.52. The van der Waals surface area contributed by atoms with Crippen molar-refractivity contribution in [3.8, 4) is 5.75 Å². The summed E-state index contributed by atoms with van der Waals surface area (Å²) in [5.74, 6) is -0.255. The molecule has 8 nitrogen and oxygen atoms in total. The predicted molar refractivity (Wildman–Crippen MR) is 144 cm³/mol. The van der Waals surface area contributed by atoms with Crippen LogP contribution in [-0.4, -0.2) is 57.6 Å². The molecule has 2 aromatic rings. The van der Waals surface area contributed by atoms with E-state index in [4.69, 9.17) is 27.9 Å². The summed E-state index contributed by atoms with van der Waals surface area (Å²) in [6, 6.07) is 10.9. The molecule has 2 amide bonds. The second-order valence-electron chi connectivity index (χ2n) is 8.28. The van der Waals surface area contributed by atoms with Crippen molar-refractivity contribution in [2.45, 2.75) is 45.7 Å². The van der Waals surface area contributed by atoms with Crippen LogP contribution in [0.25, 0.3) is 0 Å². The van der Waals surface area contributed by atoms with Gasteiger partial charge in [-0.2, -0.15) is 0 Å². The summed E-state index contributed by atoms with van der Waals surface area (Å²) in [6.45, 7) is 3.83. The van der Waals surface area contributed by atoms with Gasteiger partial charge < -0.3 is 15.0 Å². The molecule has 0 saturated heterocycles. The number of halogens is 2. The van der Waals surface area contributed by atoms with Crippen LogP contribution in [-0.2, 0) is 26.2 Å². The minimum absolute atomic E-state index is 0.0149. The molecule has 0 aliphatic rings. The van der Waals surface area contributed by atoms with Gasteiger partial charge in [0.2, 0.25) is 21.8 Å². The number of hydrogen-bond donors (Lipinski definition) is 1. The summed E-state index contributed by atoms with van der Waals surface area (Å²) in [6.07, 6.45) is 3.04. The SMILES string of the molecule is CCCCNC(=O)[C@H](CC)N(Cc1cccc(OC)c1)C(=O)CN(c1cccc(Cl)c1Cl)S(C)(=O)=O. The summed E-state index contributed by atoms with van der Waals surface area (Å²) in [4.78, 5) is 28.2. The first-order valence-corrected chi connectivity index (χ1v) is 14.3. The fourth-order valence-electron chi connectivity index (χ4n) is 3.67. The molecular formula is C25H33Cl2N3O5S. The second kappa shape index (κ2) is 13.7. The lowest BCUT2D eigenvalue weighted by Gasteiger charge is -2.33. The molecule has 36 heavy (non-hydrogen) atoms. The maximum absolute atomic E-state index is 13.7. The van der Waals surface area contributed by atoms with Gasteiger partial charge in [-0.15, -0.1) is 0 Å². The topological polar surface area (TPSA) is 96.0 Å². The Morgan fingerprint density at radius 3 is 2.42 bits per heavy atom. The highest BCUT2D eigenvalue weighted by Crippen LogP contribution is 2.33. The Bertz CT molecular complexity index is 1160. The summed E-state index contributed by atoms with van der Waals surface area (Å²) in [5.41, 5.74) is 0.816. The maximum Gasteiger partial charge on any atom is 0.244 e. The first-order valence-electron chi connectivity index (χ1n) is 11.6. The summed E-state index contributed by atoms with van der Waals surface area (Å²) in [7, 11) is -2.38. The van der Waals surface area contributed by atoms with Gasteiger partial charge in [0.1, 0.15) is 18.3 Å². The van der Waals surface area contributed by atoms with Crippen molar-refractivity contribution in [3.05, 3.63) is 58.1 Å². The van der Waals surface area contributed by atoms with E-state index in [0.717, 1.165) is 29.0 Å². The smallest absolute Gasteiger partial charge is 0.244 e. The Morgan fingerprint density at radius 1 is 1.11 bits per heavy atom. The molecule has 0 aliphatic carbocycles. The quantitative estimate of drug-likeness (QED) is 0.366. The van der Waals surface area contributed by atoms with Crippen LogP contribution >= 0.6 is 23.2 Å². The van der Waals surface area contributed by atoms with E-state index >= 15 is 0 Å². The van der Waals surface area contributed by atoms with Gasteiger partial charge in [-0.05, 0) is 42.7 Å². The first kappa shape index (κ1) is 29.7. The highest BCUT2D eigenvalue weighted by atomic mass is 35.5. The number of carbonyl (C=O) groups excluding carboxylic acids is 2. The maximum atomic E-state index is 13.7. The minimum atomic E-state index is -3.92. The minimum Gasteiger partial charge on any atom is -0.497 e. The highest BCUT2D eigenvalue weighted by Gasteiger charge is 2.32. The number of sulfonamides is 1. The first-order chi connectivity index (χ1) is 17.0. The van der Waals surface area contributed by atoms with Crippen molar-refractivity contribution in [3.63, 3.8) is 0 Å². The number of carbonyl (C=O) groups is 2. The molecule has 1 atom stereocenters. The Kier molecular flexibility index (Phi) is 11.3.